The summed E-state index contributed by atoms with van der Waals surface area (Å²) >= 11 is 0. The standard InChI is InChI=1S/C14H13N3O/c1-2-10-17(12-6-4-3-5-7-12)14(18)13-11-15-8-9-16-13/h2-9,11H,1,10H2. The van der Waals surface area contributed by atoms with E-state index >= 15 is 0 Å². The third-order valence-corrected chi connectivity index (χ3v) is 2.41. The van der Waals surface area contributed by atoms with Crippen LogP contribution in [0.2, 0.25) is 0 Å². The first-order valence-corrected chi connectivity index (χ1v) is 5.56. The van der Waals surface area contributed by atoms with E-state index in [0.717, 1.165) is 5.69 Å². The van der Waals surface area contributed by atoms with Gasteiger partial charge in [0.15, 0.2) is 0 Å². The largest absolute Gasteiger partial charge is 0.303 e. The Balaban J connectivity index is 2.32. The molecule has 18 heavy (non-hydrogen) atoms. The Morgan fingerprint density at radius 1 is 1.28 bits per heavy atom. The van der Waals surface area contributed by atoms with Gasteiger partial charge in [0, 0.05) is 24.6 Å². The number of anilines is 1. The van der Waals surface area contributed by atoms with Crippen LogP contribution >= 0.6 is 0 Å². The zero-order valence-electron chi connectivity index (χ0n) is 9.86. The van der Waals surface area contributed by atoms with Crippen molar-refractivity contribution in [3.8, 4) is 0 Å². The molecule has 0 aliphatic rings. The maximum Gasteiger partial charge on any atom is 0.278 e. The van der Waals surface area contributed by atoms with Crippen LogP contribution in [0.1, 0.15) is 10.5 Å². The van der Waals surface area contributed by atoms with Gasteiger partial charge < -0.3 is 4.90 Å². The molecule has 0 fully saturated rings. The summed E-state index contributed by atoms with van der Waals surface area (Å²) in [4.78, 5) is 21.8. The lowest BCUT2D eigenvalue weighted by molar-refractivity contribution is 0.0984. The summed E-state index contributed by atoms with van der Waals surface area (Å²) in [5.74, 6) is -0.186. The molecule has 1 aromatic heterocycles. The smallest absolute Gasteiger partial charge is 0.278 e. The second kappa shape index (κ2) is 5.72. The van der Waals surface area contributed by atoms with Gasteiger partial charge in [0.1, 0.15) is 5.69 Å². The van der Waals surface area contributed by atoms with Crippen LogP contribution in [0, 0.1) is 0 Å². The number of nitrogens with zero attached hydrogens (tertiary/aromatic N) is 3. The van der Waals surface area contributed by atoms with Crippen LogP contribution in [0.25, 0.3) is 0 Å². The van der Waals surface area contributed by atoms with Crippen molar-refractivity contribution in [2.45, 2.75) is 0 Å². The first-order valence-electron chi connectivity index (χ1n) is 5.56. The average Bonchev–Trinajstić information content (AvgIpc) is 2.46. The Morgan fingerprint density at radius 2 is 2.06 bits per heavy atom. The molecule has 4 nitrogen and oxygen atoms in total. The Morgan fingerprint density at radius 3 is 2.67 bits per heavy atom. The molecule has 2 aromatic rings. The third kappa shape index (κ3) is 2.60. The fourth-order valence-electron chi connectivity index (χ4n) is 1.59. The molecule has 0 unspecified atom stereocenters. The molecular weight excluding hydrogens is 226 g/mol. The van der Waals surface area contributed by atoms with E-state index in [1.807, 2.05) is 30.3 Å². The van der Waals surface area contributed by atoms with E-state index in [-0.39, 0.29) is 5.91 Å². The van der Waals surface area contributed by atoms with E-state index in [1.165, 1.54) is 18.6 Å². The molecular formula is C14H13N3O. The highest BCUT2D eigenvalue weighted by molar-refractivity contribution is 6.04. The fraction of sp³-hybridized carbons (Fsp3) is 0.0714. The summed E-state index contributed by atoms with van der Waals surface area (Å²) < 4.78 is 0. The lowest BCUT2D eigenvalue weighted by Gasteiger charge is -2.20. The maximum atomic E-state index is 12.3. The average molecular weight is 239 g/mol. The summed E-state index contributed by atoms with van der Waals surface area (Å²) in [6.45, 7) is 4.10. The number of carbonyl (C=O) groups is 1. The van der Waals surface area contributed by atoms with Crippen molar-refractivity contribution in [1.82, 2.24) is 9.97 Å². The molecule has 4 heteroatoms. The quantitative estimate of drug-likeness (QED) is 0.769. The molecule has 0 saturated carbocycles. The molecule has 2 rings (SSSR count). The number of hydrogen-bond donors (Lipinski definition) is 0. The van der Waals surface area contributed by atoms with Gasteiger partial charge in [-0.25, -0.2) is 4.98 Å². The molecule has 0 aliphatic heterocycles. The molecule has 1 aromatic carbocycles. The topological polar surface area (TPSA) is 46.1 Å². The molecule has 1 heterocycles. The van der Waals surface area contributed by atoms with Gasteiger partial charge in [0.05, 0.1) is 6.20 Å². The highest BCUT2D eigenvalue weighted by atomic mass is 16.2. The number of aromatic nitrogens is 2. The van der Waals surface area contributed by atoms with E-state index in [1.54, 1.807) is 11.0 Å². The minimum atomic E-state index is -0.186. The number of para-hydroxylation sites is 1. The van der Waals surface area contributed by atoms with Crippen molar-refractivity contribution in [3.05, 3.63) is 67.3 Å². The summed E-state index contributed by atoms with van der Waals surface area (Å²) in [5, 5.41) is 0. The van der Waals surface area contributed by atoms with E-state index in [2.05, 4.69) is 16.5 Å². The van der Waals surface area contributed by atoms with Crippen molar-refractivity contribution in [2.24, 2.45) is 0 Å². The number of hydrogen-bond acceptors (Lipinski definition) is 3. The monoisotopic (exact) mass is 239 g/mol. The number of benzene rings is 1. The summed E-state index contributed by atoms with van der Waals surface area (Å²) in [6.07, 6.45) is 6.18. The molecule has 90 valence electrons. The van der Waals surface area contributed by atoms with Crippen LogP contribution in [0.5, 0.6) is 0 Å². The first-order chi connectivity index (χ1) is 8.83. The van der Waals surface area contributed by atoms with Gasteiger partial charge >= 0.3 is 0 Å². The van der Waals surface area contributed by atoms with Crippen LogP contribution in [-0.4, -0.2) is 22.4 Å². The fourth-order valence-corrected chi connectivity index (χ4v) is 1.59. The maximum absolute atomic E-state index is 12.3. The predicted molar refractivity (Wildman–Crippen MR) is 70.3 cm³/mol. The molecule has 0 radical (unpaired) electrons. The SMILES string of the molecule is C=CCN(C(=O)c1cnccn1)c1ccccc1. The van der Waals surface area contributed by atoms with Crippen molar-refractivity contribution in [2.75, 3.05) is 11.4 Å². The van der Waals surface area contributed by atoms with Crippen LogP contribution in [0.3, 0.4) is 0 Å². The Hall–Kier alpha value is -2.49. The van der Waals surface area contributed by atoms with Crippen molar-refractivity contribution < 1.29 is 4.79 Å². The summed E-state index contributed by atoms with van der Waals surface area (Å²) in [5.41, 5.74) is 1.14. The normalized spacial score (nSPS) is 9.78. The van der Waals surface area contributed by atoms with Crippen LogP contribution in [0.4, 0.5) is 5.69 Å². The van der Waals surface area contributed by atoms with Crippen LogP contribution in [0.15, 0.2) is 61.6 Å². The molecule has 1 amide bonds. The van der Waals surface area contributed by atoms with Gasteiger partial charge in [-0.15, -0.1) is 6.58 Å². The Labute approximate surface area is 106 Å². The minimum absolute atomic E-state index is 0.186. The Kier molecular flexibility index (Phi) is 3.81. The van der Waals surface area contributed by atoms with E-state index in [0.29, 0.717) is 12.2 Å². The second-order valence-corrected chi connectivity index (χ2v) is 3.63. The van der Waals surface area contributed by atoms with Gasteiger partial charge in [-0.2, -0.15) is 0 Å². The number of amides is 1. The predicted octanol–water partition coefficient (Wildman–Crippen LogP) is 2.31. The molecule has 0 aliphatic carbocycles. The highest BCUT2D eigenvalue weighted by Crippen LogP contribution is 2.15. The summed E-state index contributed by atoms with van der Waals surface area (Å²) in [7, 11) is 0. The minimum Gasteiger partial charge on any atom is -0.303 e. The van der Waals surface area contributed by atoms with Crippen molar-refractivity contribution in [3.63, 3.8) is 0 Å². The van der Waals surface area contributed by atoms with Gasteiger partial charge in [-0.05, 0) is 12.1 Å². The molecule has 0 atom stereocenters. The molecule has 0 N–H and O–H groups in total. The first kappa shape index (κ1) is 12.0. The second-order valence-electron chi connectivity index (χ2n) is 3.63. The molecule has 0 saturated heterocycles. The zero-order valence-corrected chi connectivity index (χ0v) is 9.86. The van der Waals surface area contributed by atoms with Gasteiger partial charge in [-0.1, -0.05) is 24.3 Å². The number of carbonyl (C=O) groups excluding carboxylic acids is 1. The van der Waals surface area contributed by atoms with Crippen LogP contribution in [-0.2, 0) is 0 Å². The van der Waals surface area contributed by atoms with Crippen molar-refractivity contribution in [1.29, 1.82) is 0 Å². The highest BCUT2D eigenvalue weighted by Gasteiger charge is 2.17. The van der Waals surface area contributed by atoms with Crippen molar-refractivity contribution >= 4 is 11.6 Å². The van der Waals surface area contributed by atoms with E-state index in [4.69, 9.17) is 0 Å². The van der Waals surface area contributed by atoms with Crippen LogP contribution < -0.4 is 4.90 Å². The van der Waals surface area contributed by atoms with E-state index < -0.39 is 0 Å². The van der Waals surface area contributed by atoms with Gasteiger partial charge in [0.25, 0.3) is 5.91 Å². The van der Waals surface area contributed by atoms with Gasteiger partial charge in [-0.3, -0.25) is 9.78 Å². The van der Waals surface area contributed by atoms with Gasteiger partial charge in [0.2, 0.25) is 0 Å². The zero-order chi connectivity index (χ0) is 12.8. The molecule has 0 spiro atoms. The lowest BCUT2D eigenvalue weighted by Crippen LogP contribution is -2.31. The lowest BCUT2D eigenvalue weighted by atomic mass is 10.2. The third-order valence-electron chi connectivity index (χ3n) is 2.41. The van der Waals surface area contributed by atoms with E-state index in [9.17, 15) is 4.79 Å². The number of rotatable bonds is 4. The Bertz CT molecular complexity index is 525. The molecule has 0 bridgehead atoms. The summed E-state index contributed by atoms with van der Waals surface area (Å²) in [6, 6.07) is 9.42.